The monoisotopic (exact) mass is 715 g/mol. The Balaban J connectivity index is 1.10. The molecule has 3 heterocycles. The molecule has 262 valence electrons. The van der Waals surface area contributed by atoms with E-state index in [1.54, 1.807) is 12.1 Å². The topological polar surface area (TPSA) is 70.3 Å². The van der Waals surface area contributed by atoms with Crippen molar-refractivity contribution < 1.29 is 0 Å². The van der Waals surface area contributed by atoms with Gasteiger partial charge in [0.1, 0.15) is 12.1 Å². The molecule has 0 atom stereocenters. The molecule has 0 saturated carbocycles. The summed E-state index contributed by atoms with van der Waals surface area (Å²) in [5, 5.41) is 24.4. The van der Waals surface area contributed by atoms with E-state index in [-0.39, 0.29) is 0 Å². The summed E-state index contributed by atoms with van der Waals surface area (Å²) in [6, 6.07) is 61.4. The molecule has 3 aromatic heterocycles. The van der Waals surface area contributed by atoms with Crippen LogP contribution >= 0.6 is 0 Å². The standard InChI is InChI=1S/C51H33N5/c1-32-11-23-50-44(25-32)42-7-3-5-9-48(42)55(50)40-19-15-34(16-20-40)46-28-38(36-13-14-37(30-52)39(27-36)31-53)29-47(54-46)35-17-21-41(22-18-35)56-49-10-6-4-8-43(49)45-26-33(2)12-24-51(45)56/h3-29H,1-2H3. The zero-order chi connectivity index (χ0) is 37.9. The van der Waals surface area contributed by atoms with Crippen LogP contribution in [0.4, 0.5) is 0 Å². The summed E-state index contributed by atoms with van der Waals surface area (Å²) in [7, 11) is 0. The van der Waals surface area contributed by atoms with Gasteiger partial charge in [-0.05, 0) is 110 Å². The third-order valence-corrected chi connectivity index (χ3v) is 10.9. The second kappa shape index (κ2) is 13.0. The number of para-hydroxylation sites is 2. The summed E-state index contributed by atoms with van der Waals surface area (Å²) < 4.78 is 4.65. The third-order valence-electron chi connectivity index (χ3n) is 10.9. The van der Waals surface area contributed by atoms with Gasteiger partial charge in [-0.3, -0.25) is 0 Å². The molecular formula is C51H33N5. The molecule has 0 aliphatic heterocycles. The minimum absolute atomic E-state index is 0.348. The number of nitriles is 2. The van der Waals surface area contributed by atoms with Crippen molar-refractivity contribution in [2.75, 3.05) is 0 Å². The van der Waals surface area contributed by atoms with Gasteiger partial charge in [-0.1, -0.05) is 90.0 Å². The predicted molar refractivity (Wildman–Crippen MR) is 228 cm³/mol. The van der Waals surface area contributed by atoms with Gasteiger partial charge in [0, 0.05) is 44.0 Å². The summed E-state index contributed by atoms with van der Waals surface area (Å²) in [5.41, 5.74) is 15.3. The first-order chi connectivity index (χ1) is 27.5. The quantitative estimate of drug-likeness (QED) is 0.178. The van der Waals surface area contributed by atoms with Gasteiger partial charge in [-0.2, -0.15) is 10.5 Å². The Kier molecular flexibility index (Phi) is 7.63. The molecule has 5 heteroatoms. The molecule has 0 aliphatic carbocycles. The van der Waals surface area contributed by atoms with Crippen LogP contribution < -0.4 is 0 Å². The maximum absolute atomic E-state index is 9.87. The number of aromatic nitrogens is 3. The fourth-order valence-corrected chi connectivity index (χ4v) is 8.20. The van der Waals surface area contributed by atoms with Gasteiger partial charge in [-0.25, -0.2) is 4.98 Å². The van der Waals surface area contributed by atoms with E-state index in [9.17, 15) is 10.5 Å². The molecule has 56 heavy (non-hydrogen) atoms. The van der Waals surface area contributed by atoms with Gasteiger partial charge in [0.15, 0.2) is 0 Å². The lowest BCUT2D eigenvalue weighted by molar-refractivity contribution is 1.18. The molecule has 0 unspecified atom stereocenters. The molecule has 0 saturated heterocycles. The fourth-order valence-electron chi connectivity index (χ4n) is 8.20. The van der Waals surface area contributed by atoms with Crippen LogP contribution in [0.5, 0.6) is 0 Å². The van der Waals surface area contributed by atoms with E-state index in [1.807, 2.05) is 6.07 Å². The Morgan fingerprint density at radius 2 is 0.839 bits per heavy atom. The van der Waals surface area contributed by atoms with Crippen LogP contribution in [0.15, 0.2) is 164 Å². The lowest BCUT2D eigenvalue weighted by Gasteiger charge is -2.13. The lowest BCUT2D eigenvalue weighted by atomic mass is 9.97. The third kappa shape index (κ3) is 5.34. The average molecular weight is 716 g/mol. The second-order valence-corrected chi connectivity index (χ2v) is 14.5. The SMILES string of the molecule is Cc1ccc2c(c1)c1ccccc1n2-c1ccc(-c2cc(-c3ccc(C#N)c(C#N)c3)cc(-c3ccc(-n4c5ccccc5c5cc(C)ccc54)cc3)n2)cc1. The average Bonchev–Trinajstić information content (AvgIpc) is 3.75. The molecule has 5 nitrogen and oxygen atoms in total. The number of rotatable bonds is 5. The number of hydrogen-bond acceptors (Lipinski definition) is 3. The van der Waals surface area contributed by atoms with Crippen molar-refractivity contribution in [1.82, 2.24) is 14.1 Å². The van der Waals surface area contributed by atoms with Crippen molar-refractivity contribution in [3.05, 3.63) is 186 Å². The predicted octanol–water partition coefficient (Wildman–Crippen LogP) is 12.6. The van der Waals surface area contributed by atoms with Gasteiger partial charge in [0.05, 0.1) is 44.6 Å². The summed E-state index contributed by atoms with van der Waals surface area (Å²) in [4.78, 5) is 5.25. The van der Waals surface area contributed by atoms with Crippen molar-refractivity contribution >= 4 is 43.6 Å². The van der Waals surface area contributed by atoms with E-state index in [4.69, 9.17) is 4.98 Å². The molecule has 10 aromatic rings. The lowest BCUT2D eigenvalue weighted by Crippen LogP contribution is -1.96. The number of pyridine rings is 1. The molecule has 0 aliphatic rings. The Labute approximate surface area is 324 Å². The molecule has 0 radical (unpaired) electrons. The van der Waals surface area contributed by atoms with Crippen molar-refractivity contribution in [1.29, 1.82) is 10.5 Å². The van der Waals surface area contributed by atoms with Crippen molar-refractivity contribution in [3.8, 4) is 57.2 Å². The summed E-state index contributed by atoms with van der Waals surface area (Å²) in [6.07, 6.45) is 0. The van der Waals surface area contributed by atoms with E-state index < -0.39 is 0 Å². The zero-order valence-corrected chi connectivity index (χ0v) is 30.8. The first kappa shape index (κ1) is 32.9. The molecule has 0 N–H and O–H groups in total. The van der Waals surface area contributed by atoms with E-state index in [2.05, 4.69) is 181 Å². The minimum Gasteiger partial charge on any atom is -0.309 e. The largest absolute Gasteiger partial charge is 0.309 e. The number of benzene rings is 7. The molecule has 0 amide bonds. The second-order valence-electron chi connectivity index (χ2n) is 14.5. The Bertz CT molecular complexity index is 3090. The highest BCUT2D eigenvalue weighted by atomic mass is 15.0. The molecule has 7 aromatic carbocycles. The highest BCUT2D eigenvalue weighted by Gasteiger charge is 2.16. The Morgan fingerprint density at radius 3 is 1.32 bits per heavy atom. The van der Waals surface area contributed by atoms with Crippen LogP contribution in [0.1, 0.15) is 22.3 Å². The molecule has 10 rings (SSSR count). The van der Waals surface area contributed by atoms with Crippen molar-refractivity contribution in [2.45, 2.75) is 13.8 Å². The van der Waals surface area contributed by atoms with Crippen LogP contribution in [-0.2, 0) is 0 Å². The highest BCUT2D eigenvalue weighted by Crippen LogP contribution is 2.37. The highest BCUT2D eigenvalue weighted by molar-refractivity contribution is 6.10. The Hall–Kier alpha value is -7.73. The van der Waals surface area contributed by atoms with Crippen LogP contribution in [0, 0.1) is 36.5 Å². The summed E-state index contributed by atoms with van der Waals surface area (Å²) in [5.74, 6) is 0. The van der Waals surface area contributed by atoms with E-state index >= 15 is 0 Å². The number of nitrogens with zero attached hydrogens (tertiary/aromatic N) is 5. The van der Waals surface area contributed by atoms with Crippen LogP contribution in [0.2, 0.25) is 0 Å². The maximum atomic E-state index is 9.87. The smallest absolute Gasteiger partial charge is 0.101 e. The van der Waals surface area contributed by atoms with Gasteiger partial charge in [0.25, 0.3) is 0 Å². The maximum Gasteiger partial charge on any atom is 0.101 e. The number of aryl methyl sites for hydroxylation is 2. The zero-order valence-electron chi connectivity index (χ0n) is 30.8. The first-order valence-electron chi connectivity index (χ1n) is 18.7. The van der Waals surface area contributed by atoms with E-state index in [1.165, 1.54) is 43.7 Å². The first-order valence-corrected chi connectivity index (χ1v) is 18.7. The van der Waals surface area contributed by atoms with Gasteiger partial charge >= 0.3 is 0 Å². The van der Waals surface area contributed by atoms with Crippen LogP contribution in [0.3, 0.4) is 0 Å². The molecule has 0 fully saturated rings. The van der Waals surface area contributed by atoms with Crippen LogP contribution in [0.25, 0.3) is 88.6 Å². The van der Waals surface area contributed by atoms with Crippen molar-refractivity contribution in [2.24, 2.45) is 0 Å². The van der Waals surface area contributed by atoms with Gasteiger partial charge < -0.3 is 9.13 Å². The van der Waals surface area contributed by atoms with Gasteiger partial charge in [0.2, 0.25) is 0 Å². The summed E-state index contributed by atoms with van der Waals surface area (Å²) >= 11 is 0. The minimum atomic E-state index is 0.348. The van der Waals surface area contributed by atoms with Crippen LogP contribution in [-0.4, -0.2) is 14.1 Å². The van der Waals surface area contributed by atoms with E-state index in [0.717, 1.165) is 56.0 Å². The summed E-state index contributed by atoms with van der Waals surface area (Å²) in [6.45, 7) is 4.27. The molecule has 0 bridgehead atoms. The number of fused-ring (bicyclic) bond motifs is 6. The molecule has 0 spiro atoms. The van der Waals surface area contributed by atoms with Crippen molar-refractivity contribution in [3.63, 3.8) is 0 Å². The van der Waals surface area contributed by atoms with Gasteiger partial charge in [-0.15, -0.1) is 0 Å². The normalized spacial score (nSPS) is 11.4. The fraction of sp³-hybridized carbons (Fsp3) is 0.0392. The number of hydrogen-bond donors (Lipinski definition) is 0. The Morgan fingerprint density at radius 1 is 0.393 bits per heavy atom. The van der Waals surface area contributed by atoms with E-state index in [0.29, 0.717) is 11.1 Å². The molecular weight excluding hydrogens is 683 g/mol.